The van der Waals surface area contributed by atoms with Crippen LogP contribution in [0, 0.1) is 11.6 Å². The Balaban J connectivity index is 1.75. The van der Waals surface area contributed by atoms with E-state index >= 15 is 0 Å². The number of nitrogens with zero attached hydrogens (tertiary/aromatic N) is 4. The molecule has 9 nitrogen and oxygen atoms in total. The van der Waals surface area contributed by atoms with E-state index in [1.807, 2.05) is 4.72 Å². The van der Waals surface area contributed by atoms with Crippen molar-refractivity contribution in [3.05, 3.63) is 75.2 Å². The first kappa shape index (κ1) is 24.5. The molecule has 0 aliphatic rings. The Bertz CT molecular complexity index is 1590. The summed E-state index contributed by atoms with van der Waals surface area (Å²) in [4.78, 5) is 25.2. The number of benzene rings is 2. The zero-order chi connectivity index (χ0) is 25.5. The van der Waals surface area contributed by atoms with E-state index in [-0.39, 0.29) is 34.4 Å². The van der Waals surface area contributed by atoms with Crippen molar-refractivity contribution in [1.82, 2.24) is 19.5 Å². The van der Waals surface area contributed by atoms with Gasteiger partial charge < -0.3 is 5.73 Å². The number of hydrogen-bond donors (Lipinski definition) is 2. The molecule has 0 aliphatic carbocycles. The van der Waals surface area contributed by atoms with Crippen LogP contribution in [-0.2, 0) is 15.8 Å². The topological polar surface area (TPSA) is 133 Å². The highest BCUT2D eigenvalue weighted by Crippen LogP contribution is 2.28. The van der Waals surface area contributed by atoms with Gasteiger partial charge in [-0.15, -0.1) is 0 Å². The van der Waals surface area contributed by atoms with Crippen molar-refractivity contribution < 1.29 is 17.2 Å². The van der Waals surface area contributed by atoms with Crippen molar-refractivity contribution >= 4 is 44.4 Å². The van der Waals surface area contributed by atoms with Crippen LogP contribution in [0.4, 0.5) is 20.4 Å². The molecule has 3 N–H and O–H groups in total. The minimum Gasteiger partial charge on any atom is -0.368 e. The predicted molar refractivity (Wildman–Crippen MR) is 129 cm³/mol. The smallest absolute Gasteiger partial charge is 0.278 e. The van der Waals surface area contributed by atoms with Crippen LogP contribution in [0.1, 0.15) is 25.5 Å². The molecule has 0 atom stereocenters. The normalized spacial score (nSPS) is 11.8. The van der Waals surface area contributed by atoms with Crippen molar-refractivity contribution in [1.29, 1.82) is 0 Å². The summed E-state index contributed by atoms with van der Waals surface area (Å²) in [5.41, 5.74) is 4.40. The Hall–Kier alpha value is -3.64. The second kappa shape index (κ2) is 9.19. The van der Waals surface area contributed by atoms with E-state index in [9.17, 15) is 22.0 Å². The highest BCUT2D eigenvalue weighted by atomic mass is 35.5. The van der Waals surface area contributed by atoms with E-state index in [4.69, 9.17) is 17.3 Å². The molecule has 0 unspecified atom stereocenters. The Morgan fingerprint density at radius 2 is 1.74 bits per heavy atom. The molecule has 0 spiro atoms. The van der Waals surface area contributed by atoms with Crippen molar-refractivity contribution in [3.8, 4) is 11.3 Å². The van der Waals surface area contributed by atoms with Gasteiger partial charge in [0.2, 0.25) is 16.0 Å². The SMILES string of the molecule is CC(C)n1c(=O)c(-c2cc(F)c(NS(=O)(=O)Cc3ccc(Cl)cc3)c(F)c2)nc2cnc(N)nc21. The van der Waals surface area contributed by atoms with E-state index < -0.39 is 38.7 Å². The molecule has 0 aliphatic heterocycles. The van der Waals surface area contributed by atoms with E-state index in [1.165, 1.54) is 35.0 Å². The summed E-state index contributed by atoms with van der Waals surface area (Å²) in [5.74, 6) is -3.02. The number of nitrogen functional groups attached to an aromatic ring is 1. The maximum Gasteiger partial charge on any atom is 0.278 e. The van der Waals surface area contributed by atoms with Gasteiger partial charge in [-0.25, -0.2) is 27.2 Å². The van der Waals surface area contributed by atoms with Crippen LogP contribution in [0.3, 0.4) is 0 Å². The third-order valence-corrected chi connectivity index (χ3v) is 6.49. The van der Waals surface area contributed by atoms with Gasteiger partial charge in [-0.1, -0.05) is 23.7 Å². The number of sulfonamides is 1. The first-order chi connectivity index (χ1) is 16.4. The lowest BCUT2D eigenvalue weighted by Crippen LogP contribution is -2.26. The summed E-state index contributed by atoms with van der Waals surface area (Å²) in [7, 11) is -4.16. The van der Waals surface area contributed by atoms with E-state index in [0.29, 0.717) is 10.6 Å². The van der Waals surface area contributed by atoms with Gasteiger partial charge in [0.15, 0.2) is 17.3 Å². The highest BCUT2D eigenvalue weighted by Gasteiger charge is 2.22. The summed E-state index contributed by atoms with van der Waals surface area (Å²) in [6.45, 7) is 3.45. The fourth-order valence-corrected chi connectivity index (χ4v) is 4.82. The standard InChI is InChI=1S/C22H19ClF2N6O3S/c1-11(2)31-20-17(9-27-22(26)29-20)28-18(21(31)32)13-7-15(24)19(16(25)8-13)30-35(33,34)10-12-3-5-14(23)6-4-12/h3-9,11,30H,10H2,1-2H3,(H2,26,27,29). The van der Waals surface area contributed by atoms with Crippen LogP contribution in [-0.4, -0.2) is 27.9 Å². The molecule has 0 saturated heterocycles. The Labute approximate surface area is 203 Å². The molecule has 0 radical (unpaired) electrons. The van der Waals surface area contributed by atoms with Crippen LogP contribution in [0.2, 0.25) is 5.02 Å². The van der Waals surface area contributed by atoms with Crippen molar-refractivity contribution in [3.63, 3.8) is 0 Å². The van der Waals surface area contributed by atoms with Crippen molar-refractivity contribution in [2.45, 2.75) is 25.6 Å². The number of rotatable bonds is 6. The van der Waals surface area contributed by atoms with Gasteiger partial charge >= 0.3 is 0 Å². The molecule has 35 heavy (non-hydrogen) atoms. The molecule has 2 aromatic carbocycles. The van der Waals surface area contributed by atoms with E-state index in [1.54, 1.807) is 13.8 Å². The first-order valence-corrected chi connectivity index (χ1v) is 12.3. The zero-order valence-corrected chi connectivity index (χ0v) is 20.0. The summed E-state index contributed by atoms with van der Waals surface area (Å²) in [5, 5.41) is 0.417. The molecule has 0 fully saturated rings. The lowest BCUT2D eigenvalue weighted by Gasteiger charge is -2.15. The maximum atomic E-state index is 14.9. The van der Waals surface area contributed by atoms with E-state index in [2.05, 4.69) is 15.0 Å². The van der Waals surface area contributed by atoms with Crippen LogP contribution >= 0.6 is 11.6 Å². The van der Waals surface area contributed by atoms with Gasteiger partial charge in [0.1, 0.15) is 16.9 Å². The number of aromatic nitrogens is 4. The monoisotopic (exact) mass is 520 g/mol. The number of anilines is 2. The summed E-state index contributed by atoms with van der Waals surface area (Å²) < 4.78 is 58.0. The molecule has 4 rings (SSSR count). The van der Waals surface area contributed by atoms with Gasteiger partial charge in [-0.3, -0.25) is 14.1 Å². The summed E-state index contributed by atoms with van der Waals surface area (Å²) in [6.07, 6.45) is 1.30. The third kappa shape index (κ3) is 5.08. The molecule has 182 valence electrons. The van der Waals surface area contributed by atoms with Crippen LogP contribution < -0.4 is 16.0 Å². The van der Waals surface area contributed by atoms with Gasteiger partial charge in [0.25, 0.3) is 5.56 Å². The minimum absolute atomic E-state index is 0.0619. The average Bonchev–Trinajstić information content (AvgIpc) is 2.77. The van der Waals surface area contributed by atoms with Gasteiger partial charge in [-0.05, 0) is 43.7 Å². The van der Waals surface area contributed by atoms with Crippen LogP contribution in [0.5, 0.6) is 0 Å². The molecular weight excluding hydrogens is 502 g/mol. The Morgan fingerprint density at radius 3 is 2.34 bits per heavy atom. The maximum absolute atomic E-state index is 14.9. The van der Waals surface area contributed by atoms with Crippen molar-refractivity contribution in [2.24, 2.45) is 0 Å². The Morgan fingerprint density at radius 1 is 1.11 bits per heavy atom. The number of halogens is 3. The number of hydrogen-bond acceptors (Lipinski definition) is 7. The summed E-state index contributed by atoms with van der Waals surface area (Å²) in [6, 6.07) is 7.27. The molecular formula is C22H19ClF2N6O3S. The lowest BCUT2D eigenvalue weighted by atomic mass is 10.1. The van der Waals surface area contributed by atoms with Crippen LogP contribution in [0.25, 0.3) is 22.4 Å². The molecule has 0 bridgehead atoms. The van der Waals surface area contributed by atoms with Crippen LogP contribution in [0.15, 0.2) is 47.4 Å². The second-order valence-corrected chi connectivity index (χ2v) is 10.1. The van der Waals surface area contributed by atoms with Gasteiger partial charge in [-0.2, -0.15) is 4.98 Å². The number of nitrogens with two attached hydrogens (primary N) is 1. The number of nitrogens with one attached hydrogen (secondary N) is 1. The molecule has 13 heteroatoms. The number of fused-ring (bicyclic) bond motifs is 1. The molecule has 2 heterocycles. The Kier molecular flexibility index (Phi) is 6.43. The highest BCUT2D eigenvalue weighted by molar-refractivity contribution is 7.91. The third-order valence-electron chi connectivity index (χ3n) is 5.01. The molecule has 0 amide bonds. The first-order valence-electron chi connectivity index (χ1n) is 10.2. The largest absolute Gasteiger partial charge is 0.368 e. The molecule has 0 saturated carbocycles. The fourth-order valence-electron chi connectivity index (χ4n) is 3.48. The quantitative estimate of drug-likeness (QED) is 0.394. The van der Waals surface area contributed by atoms with Gasteiger partial charge in [0.05, 0.1) is 11.9 Å². The molecule has 4 aromatic rings. The van der Waals surface area contributed by atoms with Gasteiger partial charge in [0, 0.05) is 16.6 Å². The predicted octanol–water partition coefficient (Wildman–Crippen LogP) is 3.89. The lowest BCUT2D eigenvalue weighted by molar-refractivity contribution is 0.582. The summed E-state index contributed by atoms with van der Waals surface area (Å²) >= 11 is 5.79. The molecule has 2 aromatic heterocycles. The zero-order valence-electron chi connectivity index (χ0n) is 18.5. The fraction of sp³-hybridized carbons (Fsp3) is 0.182. The second-order valence-electron chi connectivity index (χ2n) is 7.97. The average molecular weight is 521 g/mol. The van der Waals surface area contributed by atoms with Crippen molar-refractivity contribution in [2.75, 3.05) is 10.5 Å². The minimum atomic E-state index is -4.16. The van der Waals surface area contributed by atoms with E-state index in [0.717, 1.165) is 12.1 Å².